The summed E-state index contributed by atoms with van der Waals surface area (Å²) in [7, 11) is 0. The number of hydrogen-bond acceptors (Lipinski definition) is 2. The van der Waals surface area contributed by atoms with Gasteiger partial charge in [-0.05, 0) is 18.2 Å². The molecular formula is C11H6ClF3N2O. The van der Waals surface area contributed by atoms with Gasteiger partial charge >= 0.3 is 6.18 Å². The zero-order chi connectivity index (χ0) is 13.3. The molecular weight excluding hydrogens is 269 g/mol. The van der Waals surface area contributed by atoms with Crippen LogP contribution in [0.15, 0.2) is 30.6 Å². The van der Waals surface area contributed by atoms with Crippen LogP contribution in [0.4, 0.5) is 13.2 Å². The van der Waals surface area contributed by atoms with Gasteiger partial charge in [0.25, 0.3) is 0 Å². The van der Waals surface area contributed by atoms with Crippen LogP contribution in [0, 0.1) is 0 Å². The molecule has 0 bridgehead atoms. The molecule has 0 N–H and O–H groups in total. The van der Waals surface area contributed by atoms with Gasteiger partial charge < -0.3 is 0 Å². The molecule has 0 saturated carbocycles. The Hall–Kier alpha value is -1.82. The molecule has 0 aliphatic carbocycles. The van der Waals surface area contributed by atoms with Gasteiger partial charge in [-0.25, -0.2) is 4.68 Å². The highest BCUT2D eigenvalue weighted by Crippen LogP contribution is 2.32. The van der Waals surface area contributed by atoms with Crippen LogP contribution in [0.1, 0.15) is 15.9 Å². The number of halogens is 4. The zero-order valence-corrected chi connectivity index (χ0v) is 9.53. The van der Waals surface area contributed by atoms with Gasteiger partial charge in [-0.15, -0.1) is 0 Å². The first-order valence-electron chi connectivity index (χ1n) is 4.79. The van der Waals surface area contributed by atoms with Crippen LogP contribution in [0.5, 0.6) is 0 Å². The molecule has 0 unspecified atom stereocenters. The lowest BCUT2D eigenvalue weighted by Gasteiger charge is -2.11. The summed E-state index contributed by atoms with van der Waals surface area (Å²) in [6, 6.07) is 3.32. The van der Waals surface area contributed by atoms with Crippen LogP contribution < -0.4 is 0 Å². The fourth-order valence-corrected chi connectivity index (χ4v) is 1.61. The summed E-state index contributed by atoms with van der Waals surface area (Å²) in [6.45, 7) is 0. The van der Waals surface area contributed by atoms with Gasteiger partial charge in [-0.1, -0.05) is 11.6 Å². The number of benzene rings is 1. The number of carbonyl (C=O) groups excluding carboxylic acids is 1. The second-order valence-corrected chi connectivity index (χ2v) is 3.93. The predicted molar refractivity (Wildman–Crippen MR) is 59.0 cm³/mol. The number of nitrogens with zero attached hydrogens (tertiary/aromatic N) is 2. The van der Waals surface area contributed by atoms with Gasteiger partial charge in [0.05, 0.1) is 22.5 Å². The largest absolute Gasteiger partial charge is 0.417 e. The fourth-order valence-electron chi connectivity index (χ4n) is 1.48. The number of rotatable bonds is 2. The van der Waals surface area contributed by atoms with Crippen LogP contribution in [0.3, 0.4) is 0 Å². The van der Waals surface area contributed by atoms with Crippen LogP contribution in [0.25, 0.3) is 5.69 Å². The highest BCUT2D eigenvalue weighted by Gasteiger charge is 2.33. The normalized spacial score (nSPS) is 11.6. The van der Waals surface area contributed by atoms with E-state index < -0.39 is 17.3 Å². The van der Waals surface area contributed by atoms with Crippen LogP contribution in [-0.2, 0) is 6.18 Å². The maximum atomic E-state index is 12.7. The fraction of sp³-hybridized carbons (Fsp3) is 0.0909. The highest BCUT2D eigenvalue weighted by molar-refractivity contribution is 6.30. The lowest BCUT2D eigenvalue weighted by molar-refractivity contribution is -0.137. The highest BCUT2D eigenvalue weighted by atomic mass is 35.5. The van der Waals surface area contributed by atoms with Crippen molar-refractivity contribution >= 4 is 17.9 Å². The molecule has 18 heavy (non-hydrogen) atoms. The Kier molecular flexibility index (Phi) is 3.13. The summed E-state index contributed by atoms with van der Waals surface area (Å²) < 4.78 is 39.4. The summed E-state index contributed by atoms with van der Waals surface area (Å²) in [5.74, 6) is 0. The first kappa shape index (κ1) is 12.6. The molecule has 1 heterocycles. The zero-order valence-electron chi connectivity index (χ0n) is 8.78. The lowest BCUT2D eigenvalue weighted by Crippen LogP contribution is -2.10. The standard InChI is InChI=1S/C11H6ClF3N2O/c12-8-4-16-17(5-8)9-2-1-7(6-18)10(3-9)11(13,14)15/h1-6H. The summed E-state index contributed by atoms with van der Waals surface area (Å²) in [5, 5.41) is 4.10. The Balaban J connectivity index is 2.56. The van der Waals surface area contributed by atoms with Crippen molar-refractivity contribution in [3.63, 3.8) is 0 Å². The van der Waals surface area contributed by atoms with Crippen molar-refractivity contribution in [2.24, 2.45) is 0 Å². The first-order chi connectivity index (χ1) is 8.41. The van der Waals surface area contributed by atoms with E-state index in [1.807, 2.05) is 0 Å². The van der Waals surface area contributed by atoms with E-state index in [9.17, 15) is 18.0 Å². The minimum absolute atomic E-state index is 0.169. The van der Waals surface area contributed by atoms with Gasteiger partial charge in [0.2, 0.25) is 0 Å². The minimum Gasteiger partial charge on any atom is -0.298 e. The Morgan fingerprint density at radius 1 is 1.33 bits per heavy atom. The third-order valence-electron chi connectivity index (χ3n) is 2.28. The van der Waals surface area contributed by atoms with Crippen molar-refractivity contribution in [2.75, 3.05) is 0 Å². The van der Waals surface area contributed by atoms with Gasteiger partial charge in [0.1, 0.15) is 0 Å². The quantitative estimate of drug-likeness (QED) is 0.787. The molecule has 1 aromatic heterocycles. The summed E-state index contributed by atoms with van der Waals surface area (Å²) >= 11 is 5.64. The van der Waals surface area contributed by atoms with Crippen molar-refractivity contribution in [1.29, 1.82) is 0 Å². The average molecular weight is 275 g/mol. The van der Waals surface area contributed by atoms with Gasteiger partial charge in [0.15, 0.2) is 6.29 Å². The third kappa shape index (κ3) is 2.38. The smallest absolute Gasteiger partial charge is 0.298 e. The molecule has 0 atom stereocenters. The maximum absolute atomic E-state index is 12.7. The van der Waals surface area contributed by atoms with Crippen LogP contribution >= 0.6 is 11.6 Å². The van der Waals surface area contributed by atoms with E-state index >= 15 is 0 Å². The third-order valence-corrected chi connectivity index (χ3v) is 2.48. The Labute approximate surface area is 105 Å². The summed E-state index contributed by atoms with van der Waals surface area (Å²) in [4.78, 5) is 10.6. The molecule has 7 heteroatoms. The van der Waals surface area contributed by atoms with Crippen molar-refractivity contribution in [2.45, 2.75) is 6.18 Å². The molecule has 0 aliphatic heterocycles. The summed E-state index contributed by atoms with van der Waals surface area (Å²) in [5.41, 5.74) is -1.23. The second-order valence-electron chi connectivity index (χ2n) is 3.49. The van der Waals surface area contributed by atoms with Gasteiger partial charge in [0, 0.05) is 11.8 Å². The number of carbonyl (C=O) groups is 1. The molecule has 2 rings (SSSR count). The molecule has 0 aliphatic rings. The Morgan fingerprint density at radius 2 is 2.06 bits per heavy atom. The van der Waals surface area contributed by atoms with Gasteiger partial charge in [-0.2, -0.15) is 18.3 Å². The van der Waals surface area contributed by atoms with Crippen molar-refractivity contribution in [1.82, 2.24) is 9.78 Å². The Morgan fingerprint density at radius 3 is 2.56 bits per heavy atom. The monoisotopic (exact) mass is 274 g/mol. The number of hydrogen-bond donors (Lipinski definition) is 0. The van der Waals surface area contributed by atoms with Crippen molar-refractivity contribution < 1.29 is 18.0 Å². The molecule has 3 nitrogen and oxygen atoms in total. The molecule has 2 aromatic rings. The van der Waals surface area contributed by atoms with E-state index in [0.717, 1.165) is 12.1 Å². The van der Waals surface area contributed by atoms with Crippen LogP contribution in [-0.4, -0.2) is 16.1 Å². The van der Waals surface area contributed by atoms with Crippen molar-refractivity contribution in [3.8, 4) is 5.69 Å². The van der Waals surface area contributed by atoms with Crippen molar-refractivity contribution in [3.05, 3.63) is 46.7 Å². The van der Waals surface area contributed by atoms with Crippen LogP contribution in [0.2, 0.25) is 5.02 Å². The molecule has 0 spiro atoms. The number of alkyl halides is 3. The van der Waals surface area contributed by atoms with E-state index in [-0.39, 0.29) is 12.0 Å². The van der Waals surface area contributed by atoms with E-state index in [2.05, 4.69) is 5.10 Å². The number of aldehydes is 1. The summed E-state index contributed by atoms with van der Waals surface area (Å²) in [6.07, 6.45) is -1.74. The molecule has 0 fully saturated rings. The molecule has 0 amide bonds. The second kappa shape index (κ2) is 4.45. The predicted octanol–water partition coefficient (Wildman–Crippen LogP) is 3.36. The van der Waals surface area contributed by atoms with Gasteiger partial charge in [-0.3, -0.25) is 4.79 Å². The Bertz CT molecular complexity index is 592. The van der Waals surface area contributed by atoms with E-state index in [4.69, 9.17) is 11.6 Å². The maximum Gasteiger partial charge on any atom is 0.417 e. The topological polar surface area (TPSA) is 34.9 Å². The SMILES string of the molecule is O=Cc1ccc(-n2cc(Cl)cn2)cc1C(F)(F)F. The molecule has 0 saturated heterocycles. The minimum atomic E-state index is -4.59. The average Bonchev–Trinajstić information content (AvgIpc) is 2.74. The first-order valence-corrected chi connectivity index (χ1v) is 5.16. The van der Waals surface area contributed by atoms with E-state index in [1.165, 1.54) is 23.1 Å². The molecule has 94 valence electrons. The molecule has 1 aromatic carbocycles. The lowest BCUT2D eigenvalue weighted by atomic mass is 10.1. The number of aromatic nitrogens is 2. The molecule has 0 radical (unpaired) electrons. The van der Waals surface area contributed by atoms with E-state index in [1.54, 1.807) is 0 Å². The van der Waals surface area contributed by atoms with E-state index in [0.29, 0.717) is 5.02 Å².